The maximum atomic E-state index is 12.9. The van der Waals surface area contributed by atoms with E-state index in [1.807, 2.05) is 5.43 Å². The van der Waals surface area contributed by atoms with Gasteiger partial charge in [0.05, 0.1) is 18.6 Å². The van der Waals surface area contributed by atoms with E-state index in [0.29, 0.717) is 12.8 Å². The molecular formula is C16H23N5O6S. The maximum absolute atomic E-state index is 12.9. The number of hydrogen-bond donors (Lipinski definition) is 4. The number of carbonyl (C=O) groups is 3. The molecule has 0 bridgehead atoms. The minimum Gasteiger partial charge on any atom is -0.467 e. The number of nitrogens with two attached hydrogens (primary N) is 1. The van der Waals surface area contributed by atoms with E-state index in [1.165, 1.54) is 12.1 Å². The van der Waals surface area contributed by atoms with Crippen LogP contribution in [0.25, 0.3) is 0 Å². The van der Waals surface area contributed by atoms with E-state index in [1.54, 1.807) is 18.2 Å². The van der Waals surface area contributed by atoms with Crippen LogP contribution in [0.5, 0.6) is 0 Å². The number of sulfonamides is 1. The first-order valence-electron chi connectivity index (χ1n) is 8.50. The Kier molecular flexibility index (Phi) is 7.31. The normalized spacial score (nSPS) is 18.1. The van der Waals surface area contributed by atoms with Gasteiger partial charge in [0.15, 0.2) is 0 Å². The van der Waals surface area contributed by atoms with Crippen LogP contribution in [0.4, 0.5) is 4.79 Å². The molecule has 2 rings (SSSR count). The number of methoxy groups -OCH3 is 1. The molecule has 0 aliphatic carbocycles. The Hall–Kier alpha value is -2.70. The summed E-state index contributed by atoms with van der Waals surface area (Å²) >= 11 is 0. The summed E-state index contributed by atoms with van der Waals surface area (Å²) in [5.74, 6) is 3.51. The fourth-order valence-electron chi connectivity index (χ4n) is 2.87. The van der Waals surface area contributed by atoms with Crippen molar-refractivity contribution in [3.8, 4) is 0 Å². The van der Waals surface area contributed by atoms with Gasteiger partial charge in [0.2, 0.25) is 15.9 Å². The molecule has 0 aromatic heterocycles. The SMILES string of the molecule is COC(=O)[C@H](CNC(=O)NN)NC(=O)[C@@H]1CCCN1S(=O)(=O)c1ccccc1. The predicted octanol–water partition coefficient (Wildman–Crippen LogP) is -1.33. The number of esters is 1. The molecule has 1 heterocycles. The van der Waals surface area contributed by atoms with Crippen molar-refractivity contribution in [2.24, 2.45) is 5.84 Å². The van der Waals surface area contributed by atoms with E-state index in [-0.39, 0.29) is 18.0 Å². The number of ether oxygens (including phenoxy) is 1. The first-order chi connectivity index (χ1) is 13.3. The number of benzene rings is 1. The van der Waals surface area contributed by atoms with Gasteiger partial charge in [-0.25, -0.2) is 23.8 Å². The second-order valence-corrected chi connectivity index (χ2v) is 7.92. The lowest BCUT2D eigenvalue weighted by Gasteiger charge is -2.25. The van der Waals surface area contributed by atoms with Crippen LogP contribution in [0.3, 0.4) is 0 Å². The molecule has 1 aliphatic rings. The molecule has 0 spiro atoms. The Morgan fingerprint density at radius 3 is 2.57 bits per heavy atom. The number of nitrogens with one attached hydrogen (secondary N) is 3. The summed E-state index contributed by atoms with van der Waals surface area (Å²) in [5.41, 5.74) is 1.83. The second-order valence-electron chi connectivity index (χ2n) is 6.03. The van der Waals surface area contributed by atoms with Crippen LogP contribution in [0.1, 0.15) is 12.8 Å². The third kappa shape index (κ3) is 4.97. The molecule has 0 unspecified atom stereocenters. The van der Waals surface area contributed by atoms with Crippen molar-refractivity contribution in [3.05, 3.63) is 30.3 Å². The Morgan fingerprint density at radius 1 is 1.29 bits per heavy atom. The highest BCUT2D eigenvalue weighted by Crippen LogP contribution is 2.26. The average molecular weight is 413 g/mol. The lowest BCUT2D eigenvalue weighted by atomic mass is 10.2. The van der Waals surface area contributed by atoms with Crippen LogP contribution >= 0.6 is 0 Å². The molecule has 1 saturated heterocycles. The van der Waals surface area contributed by atoms with E-state index in [0.717, 1.165) is 11.4 Å². The quantitative estimate of drug-likeness (QED) is 0.186. The zero-order chi connectivity index (χ0) is 20.7. The smallest absolute Gasteiger partial charge is 0.330 e. The van der Waals surface area contributed by atoms with E-state index >= 15 is 0 Å². The molecule has 1 fully saturated rings. The molecule has 5 N–H and O–H groups in total. The van der Waals surface area contributed by atoms with Crippen LogP contribution in [0, 0.1) is 0 Å². The van der Waals surface area contributed by atoms with Crippen molar-refractivity contribution in [2.75, 3.05) is 20.2 Å². The number of urea groups is 1. The van der Waals surface area contributed by atoms with Gasteiger partial charge in [-0.15, -0.1) is 0 Å². The number of amides is 3. The lowest BCUT2D eigenvalue weighted by Crippen LogP contribution is -2.55. The number of rotatable bonds is 7. The summed E-state index contributed by atoms with van der Waals surface area (Å²) in [6.45, 7) is -0.0916. The van der Waals surface area contributed by atoms with Crippen LogP contribution in [-0.2, 0) is 24.3 Å². The van der Waals surface area contributed by atoms with E-state index in [4.69, 9.17) is 5.84 Å². The standard InChI is InChI=1S/C16H23N5O6S/c1-27-15(23)12(10-18-16(24)20-17)19-14(22)13-8-5-9-21(13)28(25,26)11-6-3-2-4-7-11/h2-4,6-7,12-13H,5,8-10,17H2,1H3,(H,19,22)(H2,18,20,24)/t12-,13-/m0/s1. The fraction of sp³-hybridized carbons (Fsp3) is 0.438. The molecule has 3 amide bonds. The van der Waals surface area contributed by atoms with Crippen molar-refractivity contribution in [1.82, 2.24) is 20.4 Å². The van der Waals surface area contributed by atoms with E-state index < -0.39 is 40.0 Å². The number of hydrazine groups is 1. The molecule has 0 radical (unpaired) electrons. The Labute approximate surface area is 162 Å². The molecule has 12 heteroatoms. The molecule has 28 heavy (non-hydrogen) atoms. The largest absolute Gasteiger partial charge is 0.467 e. The van der Waals surface area contributed by atoms with Crippen LogP contribution in [-0.4, -0.2) is 62.9 Å². The van der Waals surface area contributed by atoms with Gasteiger partial charge >= 0.3 is 12.0 Å². The molecule has 154 valence electrons. The summed E-state index contributed by atoms with van der Waals surface area (Å²) in [6.07, 6.45) is 0.809. The summed E-state index contributed by atoms with van der Waals surface area (Å²) in [5, 5.41) is 4.73. The van der Waals surface area contributed by atoms with Crippen molar-refractivity contribution in [2.45, 2.75) is 29.8 Å². The van der Waals surface area contributed by atoms with Gasteiger partial charge in [-0.3, -0.25) is 10.2 Å². The second kappa shape index (κ2) is 9.48. The Balaban J connectivity index is 2.14. The highest BCUT2D eigenvalue weighted by molar-refractivity contribution is 7.89. The van der Waals surface area contributed by atoms with E-state index in [9.17, 15) is 22.8 Å². The average Bonchev–Trinajstić information content (AvgIpc) is 3.21. The van der Waals surface area contributed by atoms with Gasteiger partial charge in [0, 0.05) is 6.54 Å². The summed E-state index contributed by atoms with van der Waals surface area (Å²) < 4.78 is 31.4. The minimum absolute atomic E-state index is 0.0838. The highest BCUT2D eigenvalue weighted by Gasteiger charge is 2.40. The van der Waals surface area contributed by atoms with Crippen molar-refractivity contribution < 1.29 is 27.5 Å². The Bertz CT molecular complexity index is 816. The monoisotopic (exact) mass is 413 g/mol. The summed E-state index contributed by atoms with van der Waals surface area (Å²) in [6, 6.07) is 4.87. The van der Waals surface area contributed by atoms with Crippen LogP contribution in [0.15, 0.2) is 35.2 Å². The minimum atomic E-state index is -3.86. The first kappa shape index (κ1) is 21.6. The Morgan fingerprint density at radius 2 is 1.96 bits per heavy atom. The van der Waals surface area contributed by atoms with Crippen molar-refractivity contribution >= 4 is 27.9 Å². The number of hydrogen-bond acceptors (Lipinski definition) is 7. The predicted molar refractivity (Wildman–Crippen MR) is 98.0 cm³/mol. The van der Waals surface area contributed by atoms with Crippen molar-refractivity contribution in [1.29, 1.82) is 0 Å². The third-order valence-corrected chi connectivity index (χ3v) is 6.18. The van der Waals surface area contributed by atoms with Gasteiger partial charge in [-0.2, -0.15) is 4.31 Å². The number of nitrogens with zero attached hydrogens (tertiary/aromatic N) is 1. The van der Waals surface area contributed by atoms with Crippen molar-refractivity contribution in [3.63, 3.8) is 0 Å². The van der Waals surface area contributed by atoms with Crippen LogP contribution in [0.2, 0.25) is 0 Å². The molecule has 11 nitrogen and oxygen atoms in total. The van der Waals surface area contributed by atoms with E-state index in [2.05, 4.69) is 15.4 Å². The maximum Gasteiger partial charge on any atom is 0.330 e. The number of carbonyl (C=O) groups excluding carboxylic acids is 3. The molecule has 1 aliphatic heterocycles. The summed E-state index contributed by atoms with van der Waals surface area (Å²) in [7, 11) is -2.73. The highest BCUT2D eigenvalue weighted by atomic mass is 32.2. The fourth-order valence-corrected chi connectivity index (χ4v) is 4.54. The topological polar surface area (TPSA) is 160 Å². The first-order valence-corrected chi connectivity index (χ1v) is 9.94. The third-order valence-electron chi connectivity index (χ3n) is 4.26. The van der Waals surface area contributed by atoms with Crippen LogP contribution < -0.4 is 21.9 Å². The van der Waals surface area contributed by atoms with Gasteiger partial charge in [0.25, 0.3) is 0 Å². The van der Waals surface area contributed by atoms with Gasteiger partial charge in [-0.1, -0.05) is 18.2 Å². The molecule has 1 aromatic carbocycles. The van der Waals surface area contributed by atoms with Gasteiger partial charge in [0.1, 0.15) is 12.1 Å². The lowest BCUT2D eigenvalue weighted by molar-refractivity contribution is -0.145. The van der Waals surface area contributed by atoms with Gasteiger partial charge < -0.3 is 15.4 Å². The zero-order valence-electron chi connectivity index (χ0n) is 15.3. The zero-order valence-corrected chi connectivity index (χ0v) is 16.1. The van der Waals surface area contributed by atoms with Gasteiger partial charge in [-0.05, 0) is 25.0 Å². The summed E-state index contributed by atoms with van der Waals surface area (Å²) in [4.78, 5) is 35.9. The molecule has 1 aromatic rings. The molecule has 2 atom stereocenters. The molecule has 0 saturated carbocycles. The molecular weight excluding hydrogens is 390 g/mol.